The number of nitrogens with one attached hydrogen (secondary N) is 2. The molecule has 0 fully saturated rings. The Bertz CT molecular complexity index is 1050. The van der Waals surface area contributed by atoms with Gasteiger partial charge in [-0.1, -0.05) is 44.2 Å². The van der Waals surface area contributed by atoms with Crippen LogP contribution in [0.4, 0.5) is 5.69 Å². The van der Waals surface area contributed by atoms with Crippen molar-refractivity contribution < 1.29 is 9.59 Å². The van der Waals surface area contributed by atoms with Crippen LogP contribution in [0, 0.1) is 18.3 Å². The number of amides is 2. The fourth-order valence-corrected chi connectivity index (χ4v) is 3.99. The van der Waals surface area contributed by atoms with Crippen LogP contribution < -0.4 is 15.5 Å². The number of hydrazine groups is 1. The molecule has 8 nitrogen and oxygen atoms in total. The summed E-state index contributed by atoms with van der Waals surface area (Å²) in [4.78, 5) is 27.6. The van der Waals surface area contributed by atoms with Crippen LogP contribution in [-0.2, 0) is 22.7 Å². The van der Waals surface area contributed by atoms with E-state index >= 15 is 0 Å². The Morgan fingerprint density at radius 1 is 1.06 bits per heavy atom. The molecule has 0 spiro atoms. The number of hydrogen-bond acceptors (Lipinski definition) is 6. The van der Waals surface area contributed by atoms with Crippen LogP contribution in [0.5, 0.6) is 0 Å². The van der Waals surface area contributed by atoms with Gasteiger partial charge in [-0.2, -0.15) is 5.26 Å². The molecule has 0 saturated carbocycles. The Labute approximate surface area is 226 Å². The Morgan fingerprint density at radius 3 is 2.25 bits per heavy atom. The van der Waals surface area contributed by atoms with Crippen molar-refractivity contribution in [1.82, 2.24) is 20.7 Å². The molecule has 0 atom stereocenters. The number of hydrogen-bond donors (Lipinski definition) is 2. The average molecular weight is 536 g/mol. The number of nitriles is 1. The van der Waals surface area contributed by atoms with Crippen LogP contribution in [0.1, 0.15) is 36.1 Å². The number of nitrogens with zero attached hydrogens (tertiary/aromatic N) is 4. The van der Waals surface area contributed by atoms with Crippen LogP contribution in [0.15, 0.2) is 42.5 Å². The summed E-state index contributed by atoms with van der Waals surface area (Å²) in [5.74, 6) is -0.246. The van der Waals surface area contributed by atoms with Gasteiger partial charge in [0.1, 0.15) is 0 Å². The molecule has 10 heteroatoms. The minimum atomic E-state index is -0.146. The van der Waals surface area contributed by atoms with Gasteiger partial charge in [-0.3, -0.25) is 19.9 Å². The summed E-state index contributed by atoms with van der Waals surface area (Å²) in [5.41, 5.74) is 4.60. The topological polar surface area (TPSA) is 91.7 Å². The zero-order chi connectivity index (χ0) is 24.7. The Kier molecular flexibility index (Phi) is 12.9. The number of aryl methyl sites for hydroxylation is 1. The lowest BCUT2D eigenvalue weighted by Crippen LogP contribution is -2.47. The van der Waals surface area contributed by atoms with Crippen LogP contribution in [0.3, 0.4) is 0 Å². The van der Waals surface area contributed by atoms with E-state index in [2.05, 4.69) is 42.7 Å². The zero-order valence-electron chi connectivity index (χ0n) is 21.3. The molecule has 0 aromatic heterocycles. The number of benzene rings is 2. The highest BCUT2D eigenvalue weighted by atomic mass is 35.5. The summed E-state index contributed by atoms with van der Waals surface area (Å²) in [6.45, 7) is 8.59. The van der Waals surface area contributed by atoms with Gasteiger partial charge in [-0.05, 0) is 35.7 Å². The van der Waals surface area contributed by atoms with Gasteiger partial charge in [0, 0.05) is 45.0 Å². The molecular weight excluding hydrogens is 499 g/mol. The predicted octanol–water partition coefficient (Wildman–Crippen LogP) is 3.02. The predicted molar refractivity (Wildman–Crippen MR) is 147 cm³/mol. The van der Waals surface area contributed by atoms with Gasteiger partial charge in [-0.25, -0.2) is 5.01 Å². The van der Waals surface area contributed by atoms with E-state index in [1.807, 2.05) is 30.1 Å². The quantitative estimate of drug-likeness (QED) is 0.486. The van der Waals surface area contributed by atoms with Gasteiger partial charge in [0.15, 0.2) is 0 Å². The maximum atomic E-state index is 13.1. The summed E-state index contributed by atoms with van der Waals surface area (Å²) in [6.07, 6.45) is 0. The number of halogens is 2. The van der Waals surface area contributed by atoms with E-state index < -0.39 is 0 Å². The van der Waals surface area contributed by atoms with Crippen molar-refractivity contribution in [3.63, 3.8) is 0 Å². The number of fused-ring (bicyclic) bond motifs is 1. The van der Waals surface area contributed by atoms with E-state index in [1.165, 1.54) is 11.1 Å². The molecule has 2 aromatic rings. The maximum absolute atomic E-state index is 13.1. The lowest BCUT2D eigenvalue weighted by molar-refractivity contribution is -0.145. The highest BCUT2D eigenvalue weighted by Crippen LogP contribution is 2.23. The normalized spacial score (nSPS) is 12.2. The minimum absolute atomic E-state index is 0. The first-order chi connectivity index (χ1) is 16.3. The number of rotatable bonds is 10. The van der Waals surface area contributed by atoms with Crippen molar-refractivity contribution in [2.24, 2.45) is 0 Å². The highest BCUT2D eigenvalue weighted by Gasteiger charge is 2.25. The zero-order valence-corrected chi connectivity index (χ0v) is 22.9. The third-order valence-electron chi connectivity index (χ3n) is 5.98. The van der Waals surface area contributed by atoms with Gasteiger partial charge in [0.05, 0.1) is 24.7 Å². The largest absolute Gasteiger partial charge is 0.313 e. The first kappa shape index (κ1) is 31.4. The second-order valence-electron chi connectivity index (χ2n) is 8.88. The fraction of sp³-hybridized carbons (Fsp3) is 0.423. The molecule has 1 heterocycles. The van der Waals surface area contributed by atoms with Crippen molar-refractivity contribution in [3.05, 3.63) is 64.7 Å². The summed E-state index contributed by atoms with van der Waals surface area (Å²) < 4.78 is 0. The first-order valence-electron chi connectivity index (χ1n) is 11.6. The minimum Gasteiger partial charge on any atom is -0.313 e. The van der Waals surface area contributed by atoms with E-state index in [-0.39, 0.29) is 49.7 Å². The van der Waals surface area contributed by atoms with Gasteiger partial charge in [0.25, 0.3) is 5.91 Å². The van der Waals surface area contributed by atoms with Gasteiger partial charge < -0.3 is 10.2 Å². The van der Waals surface area contributed by atoms with Crippen molar-refractivity contribution >= 4 is 42.3 Å². The van der Waals surface area contributed by atoms with Crippen LogP contribution in [-0.4, -0.2) is 61.1 Å². The van der Waals surface area contributed by atoms with Crippen molar-refractivity contribution in [1.29, 1.82) is 5.26 Å². The summed E-state index contributed by atoms with van der Waals surface area (Å²) in [6, 6.07) is 16.0. The number of anilines is 1. The first-order valence-corrected chi connectivity index (χ1v) is 11.6. The number of carbonyl (C=O) groups is 2. The van der Waals surface area contributed by atoms with Gasteiger partial charge in [-0.15, -0.1) is 24.8 Å². The maximum Gasteiger partial charge on any atom is 0.250 e. The Balaban J connectivity index is 0.00000324. The molecule has 1 aliphatic heterocycles. The molecule has 196 valence electrons. The van der Waals surface area contributed by atoms with E-state index in [0.717, 1.165) is 11.3 Å². The Hall–Kier alpha value is -2.67. The smallest absolute Gasteiger partial charge is 0.250 e. The van der Waals surface area contributed by atoms with Crippen molar-refractivity contribution in [3.8, 4) is 6.07 Å². The molecule has 36 heavy (non-hydrogen) atoms. The molecule has 1 aliphatic rings. The second kappa shape index (κ2) is 14.8. The van der Waals surface area contributed by atoms with Crippen molar-refractivity contribution in [2.45, 2.75) is 39.9 Å². The summed E-state index contributed by atoms with van der Waals surface area (Å²) in [5, 5.41) is 19.3. The molecule has 3 rings (SSSR count). The molecule has 2 amide bonds. The monoisotopic (exact) mass is 534 g/mol. The van der Waals surface area contributed by atoms with E-state index in [4.69, 9.17) is 0 Å². The summed E-state index contributed by atoms with van der Waals surface area (Å²) >= 11 is 0. The van der Waals surface area contributed by atoms with Gasteiger partial charge in [0.2, 0.25) is 5.91 Å². The average Bonchev–Trinajstić information content (AvgIpc) is 3.26. The van der Waals surface area contributed by atoms with E-state index in [0.29, 0.717) is 37.8 Å². The molecule has 0 unspecified atom stereocenters. The molecule has 0 radical (unpaired) electrons. The number of likely N-dealkylation sites (N-methyl/N-ethyl adjacent to an activating group) is 1. The molecule has 2 aromatic carbocycles. The standard InChI is InChI=1S/C26H34N6O2.2ClH/c1-19(2)29-11-12-32(24-13-21(14-27)10-9-20(24)3)26(34)16-28-15-25(33)30(4)31-17-22-7-5-6-8-23(22)18-31;;/h5-10,13,19,28-29H,11-12,15-18H2,1-4H3;2*1H. The lowest BCUT2D eigenvalue weighted by atomic mass is 10.1. The fourth-order valence-electron chi connectivity index (χ4n) is 3.99. The molecular formula is C26H36Cl2N6O2. The summed E-state index contributed by atoms with van der Waals surface area (Å²) in [7, 11) is 1.76. The Morgan fingerprint density at radius 2 is 1.67 bits per heavy atom. The van der Waals surface area contributed by atoms with E-state index in [1.54, 1.807) is 29.1 Å². The van der Waals surface area contributed by atoms with E-state index in [9.17, 15) is 14.9 Å². The lowest BCUT2D eigenvalue weighted by Gasteiger charge is -2.28. The van der Waals surface area contributed by atoms with Crippen LogP contribution in [0.2, 0.25) is 0 Å². The third kappa shape index (κ3) is 8.19. The molecule has 0 bridgehead atoms. The SMILES string of the molecule is Cc1ccc(C#N)cc1N(CCNC(C)C)C(=O)CNCC(=O)N(C)N1Cc2ccccc2C1.Cl.Cl. The van der Waals surface area contributed by atoms with Crippen LogP contribution in [0.25, 0.3) is 0 Å². The highest BCUT2D eigenvalue weighted by molar-refractivity contribution is 5.96. The molecule has 0 aliphatic carbocycles. The van der Waals surface area contributed by atoms with Crippen LogP contribution >= 0.6 is 24.8 Å². The van der Waals surface area contributed by atoms with Gasteiger partial charge >= 0.3 is 0 Å². The molecule has 2 N–H and O–H groups in total. The second-order valence-corrected chi connectivity index (χ2v) is 8.88. The third-order valence-corrected chi connectivity index (χ3v) is 5.98. The number of carbonyl (C=O) groups excluding carboxylic acids is 2. The molecule has 0 saturated heterocycles. The van der Waals surface area contributed by atoms with Crippen molar-refractivity contribution in [2.75, 3.05) is 38.1 Å².